The van der Waals surface area contributed by atoms with E-state index in [0.29, 0.717) is 28.6 Å². The van der Waals surface area contributed by atoms with E-state index >= 15 is 0 Å². The Labute approximate surface area is 151 Å². The van der Waals surface area contributed by atoms with Gasteiger partial charge in [0.05, 0.1) is 18.4 Å². The Morgan fingerprint density at radius 3 is 2.28 bits per heavy atom. The Morgan fingerprint density at radius 2 is 1.80 bits per heavy atom. The minimum atomic E-state index is 0.449. The maximum Gasteiger partial charge on any atom is 0.144 e. The molecule has 3 N–H and O–H groups in total. The van der Waals surface area contributed by atoms with Crippen LogP contribution in [-0.2, 0) is 0 Å². The first-order chi connectivity index (χ1) is 11.9. The van der Waals surface area contributed by atoms with Crippen LogP contribution in [0.1, 0.15) is 49.8 Å². The van der Waals surface area contributed by atoms with Gasteiger partial charge in [-0.2, -0.15) is 5.26 Å². The van der Waals surface area contributed by atoms with E-state index in [-0.39, 0.29) is 0 Å². The van der Waals surface area contributed by atoms with Crippen molar-refractivity contribution in [2.45, 2.75) is 40.0 Å². The first kappa shape index (κ1) is 20.4. The van der Waals surface area contributed by atoms with Crippen LogP contribution in [0, 0.1) is 18.3 Å². The monoisotopic (exact) mass is 339 g/mol. The molecule has 0 saturated heterocycles. The lowest BCUT2D eigenvalue weighted by Crippen LogP contribution is -2.06. The van der Waals surface area contributed by atoms with Gasteiger partial charge in [-0.3, -0.25) is 0 Å². The Kier molecular flexibility index (Phi) is 8.35. The van der Waals surface area contributed by atoms with Gasteiger partial charge in [0.2, 0.25) is 0 Å². The summed E-state index contributed by atoms with van der Waals surface area (Å²) >= 11 is 0. The van der Waals surface area contributed by atoms with Crippen LogP contribution in [0.4, 0.5) is 11.4 Å². The van der Waals surface area contributed by atoms with E-state index in [0.717, 1.165) is 13.0 Å². The molecule has 0 spiro atoms. The molecule has 4 nitrogen and oxygen atoms in total. The molecule has 2 aromatic rings. The summed E-state index contributed by atoms with van der Waals surface area (Å²) < 4.78 is 5.17. The number of methoxy groups -OCH3 is 1. The molecule has 4 heteroatoms. The normalized spacial score (nSPS) is 9.80. The maximum absolute atomic E-state index is 8.83. The molecular formula is C21H29N3O. The highest BCUT2D eigenvalue weighted by molar-refractivity contribution is 5.78. The van der Waals surface area contributed by atoms with E-state index in [1.807, 2.05) is 6.07 Å². The quantitative estimate of drug-likeness (QED) is 0.744. The molecule has 0 atom stereocenters. The second-order valence-electron chi connectivity index (χ2n) is 6.21. The number of nitrogens with two attached hydrogens (primary N) is 1. The molecule has 0 saturated carbocycles. The fourth-order valence-corrected chi connectivity index (χ4v) is 2.25. The fourth-order valence-electron chi connectivity index (χ4n) is 2.25. The molecule has 134 valence electrons. The summed E-state index contributed by atoms with van der Waals surface area (Å²) in [4.78, 5) is 0. The molecule has 0 amide bonds. The number of aryl methyl sites for hydroxylation is 1. The SMILES string of the molecule is CCCNc1c(OC)ccc(C#N)c1N.Cc1ccc(C(C)C)cc1. The average molecular weight is 339 g/mol. The highest BCUT2D eigenvalue weighted by Gasteiger charge is 2.10. The van der Waals surface area contributed by atoms with Gasteiger partial charge in [0, 0.05) is 6.54 Å². The minimum Gasteiger partial charge on any atom is -0.495 e. The Bertz CT molecular complexity index is 700. The predicted octanol–water partition coefficient (Wildman–Crippen LogP) is 5.09. The third-order valence-corrected chi connectivity index (χ3v) is 3.84. The first-order valence-corrected chi connectivity index (χ1v) is 8.61. The van der Waals surface area contributed by atoms with Crippen molar-refractivity contribution in [3.63, 3.8) is 0 Å². The minimum absolute atomic E-state index is 0.449. The topological polar surface area (TPSA) is 71.1 Å². The molecular weight excluding hydrogens is 310 g/mol. The van der Waals surface area contributed by atoms with Crippen molar-refractivity contribution in [1.29, 1.82) is 5.26 Å². The molecule has 25 heavy (non-hydrogen) atoms. The number of nitriles is 1. The van der Waals surface area contributed by atoms with Crippen molar-refractivity contribution in [2.24, 2.45) is 0 Å². The van der Waals surface area contributed by atoms with Crippen molar-refractivity contribution in [3.8, 4) is 11.8 Å². The fraction of sp³-hybridized carbons (Fsp3) is 0.381. The van der Waals surface area contributed by atoms with Gasteiger partial charge in [-0.05, 0) is 37.0 Å². The first-order valence-electron chi connectivity index (χ1n) is 8.61. The van der Waals surface area contributed by atoms with Crippen LogP contribution in [0.2, 0.25) is 0 Å². The van der Waals surface area contributed by atoms with Crippen molar-refractivity contribution < 1.29 is 4.74 Å². The zero-order valence-electron chi connectivity index (χ0n) is 15.9. The summed E-state index contributed by atoms with van der Waals surface area (Å²) in [5.41, 5.74) is 10.2. The number of hydrogen-bond acceptors (Lipinski definition) is 4. The standard InChI is InChI=1S/C11H15N3O.C10H14/c1-3-6-14-11-9(15-2)5-4-8(7-12)10(11)13;1-8(2)10-6-4-9(3)5-7-10/h4-5,14H,3,6,13H2,1-2H3;4-8H,1-3H3. The van der Waals surface area contributed by atoms with Crippen LogP contribution in [-0.4, -0.2) is 13.7 Å². The van der Waals surface area contributed by atoms with Gasteiger partial charge < -0.3 is 15.8 Å². The summed E-state index contributed by atoms with van der Waals surface area (Å²) in [6.45, 7) is 9.40. The molecule has 0 fully saturated rings. The van der Waals surface area contributed by atoms with E-state index in [4.69, 9.17) is 15.7 Å². The lowest BCUT2D eigenvalue weighted by atomic mass is 10.0. The van der Waals surface area contributed by atoms with Gasteiger partial charge in [-0.25, -0.2) is 0 Å². The molecule has 2 aromatic carbocycles. The molecule has 0 unspecified atom stereocenters. The van der Waals surface area contributed by atoms with Crippen molar-refractivity contribution >= 4 is 11.4 Å². The zero-order chi connectivity index (χ0) is 18.8. The number of hydrogen-bond donors (Lipinski definition) is 2. The number of benzene rings is 2. The highest BCUT2D eigenvalue weighted by Crippen LogP contribution is 2.32. The van der Waals surface area contributed by atoms with Gasteiger partial charge in [0.1, 0.15) is 17.5 Å². The Morgan fingerprint density at radius 1 is 1.16 bits per heavy atom. The molecule has 0 heterocycles. The third-order valence-electron chi connectivity index (χ3n) is 3.84. The van der Waals surface area contributed by atoms with Crippen LogP contribution in [0.25, 0.3) is 0 Å². The lowest BCUT2D eigenvalue weighted by molar-refractivity contribution is 0.416. The predicted molar refractivity (Wildman–Crippen MR) is 106 cm³/mol. The van der Waals surface area contributed by atoms with Gasteiger partial charge in [-0.15, -0.1) is 0 Å². The number of nitrogens with one attached hydrogen (secondary N) is 1. The average Bonchev–Trinajstić information content (AvgIpc) is 2.61. The van der Waals surface area contributed by atoms with E-state index in [1.54, 1.807) is 19.2 Å². The molecule has 0 aliphatic rings. The summed E-state index contributed by atoms with van der Waals surface area (Å²) in [7, 11) is 1.58. The second-order valence-corrected chi connectivity index (χ2v) is 6.21. The summed E-state index contributed by atoms with van der Waals surface area (Å²) in [6, 6.07) is 14.2. The largest absolute Gasteiger partial charge is 0.495 e. The van der Waals surface area contributed by atoms with Crippen LogP contribution < -0.4 is 15.8 Å². The van der Waals surface area contributed by atoms with Crippen LogP contribution in [0.3, 0.4) is 0 Å². The number of anilines is 2. The van der Waals surface area contributed by atoms with E-state index in [2.05, 4.69) is 57.3 Å². The lowest BCUT2D eigenvalue weighted by Gasteiger charge is -2.13. The van der Waals surface area contributed by atoms with Crippen molar-refractivity contribution in [3.05, 3.63) is 53.1 Å². The van der Waals surface area contributed by atoms with Gasteiger partial charge in [0.15, 0.2) is 0 Å². The van der Waals surface area contributed by atoms with E-state index < -0.39 is 0 Å². The molecule has 0 bridgehead atoms. The molecule has 0 aliphatic carbocycles. The van der Waals surface area contributed by atoms with Gasteiger partial charge >= 0.3 is 0 Å². The second kappa shape index (κ2) is 10.2. The zero-order valence-corrected chi connectivity index (χ0v) is 15.9. The smallest absolute Gasteiger partial charge is 0.144 e. The number of rotatable bonds is 5. The summed E-state index contributed by atoms with van der Waals surface area (Å²) in [6.07, 6.45) is 0.985. The van der Waals surface area contributed by atoms with E-state index in [9.17, 15) is 0 Å². The Hall–Kier alpha value is -2.67. The number of nitrogen functional groups attached to an aromatic ring is 1. The van der Waals surface area contributed by atoms with Crippen molar-refractivity contribution in [2.75, 3.05) is 24.7 Å². The number of nitrogens with zero attached hydrogens (tertiary/aromatic N) is 1. The van der Waals surface area contributed by atoms with Crippen molar-refractivity contribution in [1.82, 2.24) is 0 Å². The molecule has 0 aliphatic heterocycles. The summed E-state index contributed by atoms with van der Waals surface area (Å²) in [5.74, 6) is 1.32. The van der Waals surface area contributed by atoms with Gasteiger partial charge in [0.25, 0.3) is 0 Å². The molecule has 2 rings (SSSR count). The van der Waals surface area contributed by atoms with E-state index in [1.165, 1.54) is 11.1 Å². The van der Waals surface area contributed by atoms with Crippen LogP contribution in [0.15, 0.2) is 36.4 Å². The number of ether oxygens (including phenoxy) is 1. The highest BCUT2D eigenvalue weighted by atomic mass is 16.5. The third kappa shape index (κ3) is 6.04. The van der Waals surface area contributed by atoms with Gasteiger partial charge in [-0.1, -0.05) is 50.6 Å². The summed E-state index contributed by atoms with van der Waals surface area (Å²) in [5, 5.41) is 12.0. The van der Waals surface area contributed by atoms with Crippen LogP contribution in [0.5, 0.6) is 5.75 Å². The molecule has 0 aromatic heterocycles. The molecule has 0 radical (unpaired) electrons. The maximum atomic E-state index is 8.83. The van der Waals surface area contributed by atoms with Crippen LogP contribution >= 0.6 is 0 Å². The Balaban J connectivity index is 0.000000271.